The van der Waals surface area contributed by atoms with E-state index in [2.05, 4.69) is 34.0 Å². The van der Waals surface area contributed by atoms with Gasteiger partial charge in [0.05, 0.1) is 22.5 Å². The van der Waals surface area contributed by atoms with Gasteiger partial charge in [0.15, 0.2) is 0 Å². The van der Waals surface area contributed by atoms with E-state index >= 15 is 0 Å². The van der Waals surface area contributed by atoms with Crippen molar-refractivity contribution in [3.8, 4) is 5.69 Å². The zero-order chi connectivity index (χ0) is 15.6. The number of likely N-dealkylation sites (N-methyl/N-ethyl adjacent to an activating group) is 1. The molecule has 1 amide bonds. The highest BCUT2D eigenvalue weighted by Gasteiger charge is 2.28. The van der Waals surface area contributed by atoms with Crippen molar-refractivity contribution >= 4 is 22.5 Å². The maximum Gasteiger partial charge on any atom is 0.257 e. The molecule has 2 aromatic carbocycles. The quantitative estimate of drug-likeness (QED) is 0.692. The molecule has 0 radical (unpaired) electrons. The molecule has 0 bridgehead atoms. The summed E-state index contributed by atoms with van der Waals surface area (Å²) in [4.78, 5) is 15.0. The number of nitrogens with one attached hydrogen (secondary N) is 1. The maximum absolute atomic E-state index is 12.6. The third kappa shape index (κ3) is 1.67. The molecule has 0 saturated carbocycles. The third-order valence-corrected chi connectivity index (χ3v) is 5.00. The van der Waals surface area contributed by atoms with Crippen LogP contribution in [0.2, 0.25) is 0 Å². The van der Waals surface area contributed by atoms with E-state index < -0.39 is 0 Å². The van der Waals surface area contributed by atoms with E-state index in [1.807, 2.05) is 30.3 Å². The number of benzene rings is 2. The normalized spacial score (nSPS) is 16.7. The van der Waals surface area contributed by atoms with E-state index in [0.29, 0.717) is 0 Å². The van der Waals surface area contributed by atoms with Gasteiger partial charge in [-0.2, -0.15) is 0 Å². The van der Waals surface area contributed by atoms with Crippen LogP contribution in [0.4, 0.5) is 5.69 Å². The van der Waals surface area contributed by atoms with Crippen molar-refractivity contribution < 1.29 is 4.79 Å². The number of carbonyl (C=O) groups excluding carboxylic acids is 1. The van der Waals surface area contributed by atoms with Gasteiger partial charge in [-0.05, 0) is 30.8 Å². The Hall–Kier alpha value is -2.59. The van der Waals surface area contributed by atoms with Crippen LogP contribution in [0.25, 0.3) is 16.6 Å². The van der Waals surface area contributed by atoms with Crippen molar-refractivity contribution in [1.82, 2.24) is 9.47 Å². The number of rotatable bonds is 0. The van der Waals surface area contributed by atoms with Gasteiger partial charge in [0.1, 0.15) is 0 Å². The number of nitrogens with zero attached hydrogens (tertiary/aromatic N) is 2. The first-order valence-electron chi connectivity index (χ1n) is 7.98. The van der Waals surface area contributed by atoms with Crippen LogP contribution in [-0.2, 0) is 13.0 Å². The van der Waals surface area contributed by atoms with Crippen LogP contribution in [0.15, 0.2) is 42.5 Å². The van der Waals surface area contributed by atoms with E-state index in [1.54, 1.807) is 0 Å². The summed E-state index contributed by atoms with van der Waals surface area (Å²) in [5, 5.41) is 4.34. The molecule has 0 saturated heterocycles. The summed E-state index contributed by atoms with van der Waals surface area (Å²) in [6.45, 7) is 2.00. The van der Waals surface area contributed by atoms with E-state index in [9.17, 15) is 4.79 Å². The molecule has 2 aliphatic rings. The van der Waals surface area contributed by atoms with Crippen molar-refractivity contribution in [1.29, 1.82) is 0 Å². The Bertz CT molecular complexity index is 970. The molecule has 4 heteroatoms. The molecule has 3 heterocycles. The highest BCUT2D eigenvalue weighted by Crippen LogP contribution is 2.39. The largest absolute Gasteiger partial charge is 0.320 e. The summed E-state index contributed by atoms with van der Waals surface area (Å²) in [7, 11) is 2.16. The number of anilines is 1. The summed E-state index contributed by atoms with van der Waals surface area (Å²) in [5.74, 6) is -0.0292. The molecule has 0 spiro atoms. The molecule has 4 nitrogen and oxygen atoms in total. The van der Waals surface area contributed by atoms with Gasteiger partial charge in [-0.15, -0.1) is 0 Å². The van der Waals surface area contributed by atoms with Crippen LogP contribution >= 0.6 is 0 Å². The molecule has 0 atom stereocenters. The van der Waals surface area contributed by atoms with Gasteiger partial charge < -0.3 is 14.8 Å². The first-order chi connectivity index (χ1) is 11.2. The van der Waals surface area contributed by atoms with Crippen LogP contribution < -0.4 is 5.32 Å². The predicted octanol–water partition coefficient (Wildman–Crippen LogP) is 3.18. The maximum atomic E-state index is 12.6. The number of hydrogen-bond donors (Lipinski definition) is 1. The second kappa shape index (κ2) is 4.46. The lowest BCUT2D eigenvalue weighted by atomic mass is 10.0. The molecule has 23 heavy (non-hydrogen) atoms. The highest BCUT2D eigenvalue weighted by molar-refractivity contribution is 6.13. The minimum Gasteiger partial charge on any atom is -0.320 e. The zero-order valence-electron chi connectivity index (χ0n) is 13.0. The number of para-hydroxylation sites is 2. The fraction of sp³-hybridized carbons (Fsp3) is 0.211. The van der Waals surface area contributed by atoms with Crippen molar-refractivity contribution in [2.24, 2.45) is 0 Å². The lowest BCUT2D eigenvalue weighted by molar-refractivity contribution is 0.102. The molecule has 3 aromatic rings. The molecular weight excluding hydrogens is 286 g/mol. The van der Waals surface area contributed by atoms with Crippen LogP contribution in [-0.4, -0.2) is 29.0 Å². The van der Waals surface area contributed by atoms with Gasteiger partial charge in [-0.1, -0.05) is 24.3 Å². The molecule has 1 aromatic heterocycles. The van der Waals surface area contributed by atoms with Crippen LogP contribution in [0.1, 0.15) is 21.6 Å². The Kier molecular flexibility index (Phi) is 2.50. The Morgan fingerprint density at radius 3 is 2.87 bits per heavy atom. The molecule has 1 N–H and O–H groups in total. The van der Waals surface area contributed by atoms with Gasteiger partial charge in [-0.25, -0.2) is 0 Å². The number of hydrogen-bond acceptors (Lipinski definition) is 2. The Morgan fingerprint density at radius 2 is 1.96 bits per heavy atom. The number of carbonyl (C=O) groups is 1. The predicted molar refractivity (Wildman–Crippen MR) is 91.3 cm³/mol. The molecule has 5 rings (SSSR count). The molecule has 0 fully saturated rings. The molecule has 114 valence electrons. The smallest absolute Gasteiger partial charge is 0.257 e. The molecule has 2 aliphatic heterocycles. The fourth-order valence-corrected chi connectivity index (χ4v) is 3.96. The first-order valence-corrected chi connectivity index (χ1v) is 7.98. The van der Waals surface area contributed by atoms with Gasteiger partial charge in [0, 0.05) is 30.6 Å². The SMILES string of the molecule is CN1CCc2c(c3cccc4c3n2-c2ccccc2C(=O)N4)C1. The Morgan fingerprint density at radius 1 is 1.09 bits per heavy atom. The number of aromatic nitrogens is 1. The minimum atomic E-state index is -0.0292. The second-order valence-electron chi connectivity index (χ2n) is 6.42. The summed E-state index contributed by atoms with van der Waals surface area (Å²) < 4.78 is 2.31. The zero-order valence-corrected chi connectivity index (χ0v) is 13.0. The standard InChI is InChI=1S/C19H17N3O/c1-21-10-9-17-14(11-21)12-6-4-7-15-18(12)22(17)16-8-3-2-5-13(16)19(23)20-15/h2-8H,9-11H2,1H3,(H,20,23). The summed E-state index contributed by atoms with van der Waals surface area (Å²) in [5.41, 5.74) is 6.50. The summed E-state index contributed by atoms with van der Waals surface area (Å²) in [6, 6.07) is 14.1. The molecule has 0 aliphatic carbocycles. The lowest BCUT2D eigenvalue weighted by Crippen LogP contribution is -2.27. The average Bonchev–Trinajstić information content (AvgIpc) is 2.82. The number of fused-ring (bicyclic) bond motifs is 5. The van der Waals surface area contributed by atoms with Crippen LogP contribution in [0.3, 0.4) is 0 Å². The monoisotopic (exact) mass is 303 g/mol. The van der Waals surface area contributed by atoms with Gasteiger partial charge >= 0.3 is 0 Å². The lowest BCUT2D eigenvalue weighted by Gasteiger charge is -2.24. The van der Waals surface area contributed by atoms with Crippen LogP contribution in [0, 0.1) is 0 Å². The third-order valence-electron chi connectivity index (χ3n) is 5.00. The number of amides is 1. The molecule has 0 unspecified atom stereocenters. The van der Waals surface area contributed by atoms with E-state index in [0.717, 1.165) is 42.0 Å². The summed E-state index contributed by atoms with van der Waals surface area (Å²) >= 11 is 0. The van der Waals surface area contributed by atoms with E-state index in [4.69, 9.17) is 0 Å². The Balaban J connectivity index is 1.96. The first kappa shape index (κ1) is 12.9. The van der Waals surface area contributed by atoms with Crippen molar-refractivity contribution in [2.75, 3.05) is 18.9 Å². The highest BCUT2D eigenvalue weighted by atomic mass is 16.1. The van der Waals surface area contributed by atoms with Crippen molar-refractivity contribution in [3.63, 3.8) is 0 Å². The van der Waals surface area contributed by atoms with E-state index in [-0.39, 0.29) is 5.91 Å². The van der Waals surface area contributed by atoms with Gasteiger partial charge in [0.25, 0.3) is 5.91 Å². The van der Waals surface area contributed by atoms with E-state index in [1.165, 1.54) is 16.6 Å². The second-order valence-corrected chi connectivity index (χ2v) is 6.42. The van der Waals surface area contributed by atoms with Gasteiger partial charge in [0.2, 0.25) is 0 Å². The molecular formula is C19H17N3O. The minimum absolute atomic E-state index is 0.0292. The van der Waals surface area contributed by atoms with Crippen molar-refractivity contribution in [3.05, 3.63) is 59.3 Å². The van der Waals surface area contributed by atoms with Gasteiger partial charge in [-0.3, -0.25) is 4.79 Å². The average molecular weight is 303 g/mol. The fourth-order valence-electron chi connectivity index (χ4n) is 3.96. The summed E-state index contributed by atoms with van der Waals surface area (Å²) in [6.07, 6.45) is 1.00. The topological polar surface area (TPSA) is 37.3 Å². The van der Waals surface area contributed by atoms with Crippen molar-refractivity contribution in [2.45, 2.75) is 13.0 Å². The Labute approximate surface area is 134 Å². The van der Waals surface area contributed by atoms with Crippen LogP contribution in [0.5, 0.6) is 0 Å².